The molecule has 3 aromatic rings. The monoisotopic (exact) mass is 559 g/mol. The Hall–Kier alpha value is -2.62. The van der Waals surface area contributed by atoms with Crippen LogP contribution in [-0.2, 0) is 11.3 Å². The predicted octanol–water partition coefficient (Wildman–Crippen LogP) is 6.02. The molecule has 0 atom stereocenters. The van der Waals surface area contributed by atoms with Gasteiger partial charge < -0.3 is 9.52 Å². The topological polar surface area (TPSA) is 78.4 Å². The molecule has 6 nitrogen and oxygen atoms in total. The van der Waals surface area contributed by atoms with E-state index in [1.165, 1.54) is 16.7 Å². The second-order valence-electron chi connectivity index (χ2n) is 6.46. The van der Waals surface area contributed by atoms with Gasteiger partial charge in [0.1, 0.15) is 11.5 Å². The van der Waals surface area contributed by atoms with Crippen molar-refractivity contribution in [2.45, 2.75) is 6.54 Å². The molecule has 0 saturated carbocycles. The summed E-state index contributed by atoms with van der Waals surface area (Å²) in [6, 6.07) is 16.2. The van der Waals surface area contributed by atoms with E-state index >= 15 is 0 Å². The summed E-state index contributed by atoms with van der Waals surface area (Å²) in [5.41, 5.74) is 1.41. The highest BCUT2D eigenvalue weighted by Gasteiger charge is 2.34. The highest BCUT2D eigenvalue weighted by atomic mass is 79.9. The number of furan rings is 1. The minimum Gasteiger partial charge on any atom is -0.507 e. The number of carbonyl (C=O) groups is 1. The van der Waals surface area contributed by atoms with Crippen LogP contribution in [0.4, 0.5) is 0 Å². The van der Waals surface area contributed by atoms with Gasteiger partial charge in [-0.3, -0.25) is 9.69 Å². The number of nitrogens with zero attached hydrogens (tertiary/aromatic N) is 3. The van der Waals surface area contributed by atoms with Crippen molar-refractivity contribution >= 4 is 67.0 Å². The van der Waals surface area contributed by atoms with E-state index in [9.17, 15) is 9.90 Å². The van der Waals surface area contributed by atoms with Crippen LogP contribution in [0.2, 0.25) is 0 Å². The number of hydrogen-bond donors (Lipinski definition) is 1. The van der Waals surface area contributed by atoms with Crippen LogP contribution in [0.25, 0.3) is 6.08 Å². The molecule has 0 spiro atoms. The lowest BCUT2D eigenvalue weighted by Gasteiger charge is -2.12. The fourth-order valence-corrected chi connectivity index (χ4v) is 4.33. The molecule has 2 aromatic carbocycles. The van der Waals surface area contributed by atoms with Crippen LogP contribution in [0.1, 0.15) is 16.9 Å². The van der Waals surface area contributed by atoms with Crippen LogP contribution < -0.4 is 0 Å². The molecule has 4 rings (SSSR count). The van der Waals surface area contributed by atoms with Gasteiger partial charge in [0.25, 0.3) is 5.91 Å². The molecule has 9 heteroatoms. The number of amidine groups is 1. The molecule has 1 N–H and O–H groups in total. The number of benzene rings is 2. The molecule has 0 radical (unpaired) electrons. The molecule has 1 fully saturated rings. The van der Waals surface area contributed by atoms with Crippen molar-refractivity contribution in [3.8, 4) is 5.75 Å². The zero-order valence-electron chi connectivity index (χ0n) is 15.9. The van der Waals surface area contributed by atoms with Crippen LogP contribution in [0.5, 0.6) is 5.75 Å². The summed E-state index contributed by atoms with van der Waals surface area (Å²) in [6.45, 7) is 0.229. The predicted molar refractivity (Wildman–Crippen MR) is 130 cm³/mol. The van der Waals surface area contributed by atoms with Gasteiger partial charge in [0, 0.05) is 14.5 Å². The van der Waals surface area contributed by atoms with E-state index in [2.05, 4.69) is 42.1 Å². The Kier molecular flexibility index (Phi) is 6.74. The normalized spacial score (nSPS) is 16.8. The van der Waals surface area contributed by atoms with Crippen molar-refractivity contribution in [3.63, 3.8) is 0 Å². The number of hydrogen-bond acceptors (Lipinski definition) is 6. The zero-order valence-corrected chi connectivity index (χ0v) is 19.9. The highest BCUT2D eigenvalue weighted by Crippen LogP contribution is 2.35. The van der Waals surface area contributed by atoms with Crippen LogP contribution in [0, 0.1) is 0 Å². The average Bonchev–Trinajstić information content (AvgIpc) is 3.36. The molecular formula is C22H15Br2N3O3S. The fraction of sp³-hybridized carbons (Fsp3) is 0.0455. The first kappa shape index (κ1) is 21.6. The summed E-state index contributed by atoms with van der Waals surface area (Å²) in [6.07, 6.45) is 4.82. The van der Waals surface area contributed by atoms with E-state index in [0.29, 0.717) is 21.4 Å². The molecule has 1 aliphatic rings. The molecule has 31 heavy (non-hydrogen) atoms. The third-order valence-electron chi connectivity index (χ3n) is 4.28. The largest absolute Gasteiger partial charge is 0.507 e. The minimum absolute atomic E-state index is 0.0836. The smallest absolute Gasteiger partial charge is 0.267 e. The molecular weight excluding hydrogens is 546 g/mol. The summed E-state index contributed by atoms with van der Waals surface area (Å²) < 4.78 is 7.17. The Bertz CT molecular complexity index is 1190. The van der Waals surface area contributed by atoms with Crippen LogP contribution >= 0.6 is 43.6 Å². The van der Waals surface area contributed by atoms with Gasteiger partial charge in [-0.1, -0.05) is 44.0 Å². The van der Waals surface area contributed by atoms with Gasteiger partial charge in [-0.05, 0) is 65.9 Å². The number of amides is 1. The number of aromatic hydroxyl groups is 1. The van der Waals surface area contributed by atoms with Crippen molar-refractivity contribution in [1.29, 1.82) is 0 Å². The van der Waals surface area contributed by atoms with Crippen molar-refractivity contribution in [2.75, 3.05) is 0 Å². The molecule has 1 aromatic heterocycles. The molecule has 0 unspecified atom stereocenters. The third-order valence-corrected chi connectivity index (χ3v) is 6.30. The Labute approximate surface area is 199 Å². The van der Waals surface area contributed by atoms with Gasteiger partial charge in [0.05, 0.1) is 23.9 Å². The van der Waals surface area contributed by atoms with Crippen molar-refractivity contribution in [3.05, 3.63) is 91.6 Å². The van der Waals surface area contributed by atoms with Crippen LogP contribution in [0.3, 0.4) is 0 Å². The van der Waals surface area contributed by atoms with Gasteiger partial charge in [-0.2, -0.15) is 5.10 Å². The highest BCUT2D eigenvalue weighted by molar-refractivity contribution is 9.10. The summed E-state index contributed by atoms with van der Waals surface area (Å²) in [5.74, 6) is 0.476. The average molecular weight is 561 g/mol. The molecule has 1 aliphatic heterocycles. The number of phenolic OH excluding ortho intramolecular Hbond substituents is 1. The molecule has 0 aliphatic carbocycles. The minimum atomic E-state index is -0.238. The lowest BCUT2D eigenvalue weighted by molar-refractivity contribution is -0.122. The molecule has 156 valence electrons. The van der Waals surface area contributed by atoms with Gasteiger partial charge >= 0.3 is 0 Å². The summed E-state index contributed by atoms with van der Waals surface area (Å²) in [4.78, 5) is 15.0. The first-order valence-corrected chi connectivity index (χ1v) is 11.5. The zero-order chi connectivity index (χ0) is 21.8. The van der Waals surface area contributed by atoms with E-state index in [0.717, 1.165) is 14.5 Å². The first-order chi connectivity index (χ1) is 15.0. The number of rotatable bonds is 5. The second-order valence-corrected chi connectivity index (χ2v) is 9.30. The Morgan fingerprint density at radius 2 is 1.87 bits per heavy atom. The number of phenols is 1. The summed E-state index contributed by atoms with van der Waals surface area (Å²) in [7, 11) is 0. The molecule has 2 heterocycles. The fourth-order valence-electron chi connectivity index (χ4n) is 2.76. The van der Waals surface area contributed by atoms with Crippen molar-refractivity contribution < 1.29 is 14.3 Å². The SMILES string of the molecule is O=C1/C(=C/c2cc(Br)ccc2O)S/C(=N\N=C\c2ccc(Br)cc2)N1Cc1ccco1. The van der Waals surface area contributed by atoms with Crippen molar-refractivity contribution in [1.82, 2.24) is 4.90 Å². The van der Waals surface area contributed by atoms with Gasteiger partial charge in [0.15, 0.2) is 5.17 Å². The van der Waals surface area contributed by atoms with E-state index in [1.54, 1.807) is 48.9 Å². The Morgan fingerprint density at radius 3 is 2.61 bits per heavy atom. The quantitative estimate of drug-likeness (QED) is 0.235. The molecule has 0 bridgehead atoms. The second kappa shape index (κ2) is 9.67. The lowest BCUT2D eigenvalue weighted by atomic mass is 10.2. The maximum atomic E-state index is 13.1. The number of carbonyl (C=O) groups excluding carboxylic acids is 1. The van der Waals surface area contributed by atoms with Crippen molar-refractivity contribution in [2.24, 2.45) is 10.2 Å². The number of halogens is 2. The lowest BCUT2D eigenvalue weighted by Crippen LogP contribution is -2.28. The summed E-state index contributed by atoms with van der Waals surface area (Å²) >= 11 is 7.98. The maximum Gasteiger partial charge on any atom is 0.267 e. The standard InChI is InChI=1S/C22H15Br2N3O3S/c23-16-5-3-14(4-6-16)12-25-26-22-27(13-18-2-1-9-30-18)21(29)20(31-22)11-15-10-17(24)7-8-19(15)28/h1-12,28H,13H2/b20-11-,25-12+,26-22-. The van der Waals surface area contributed by atoms with E-state index in [4.69, 9.17) is 4.42 Å². The molecule has 1 saturated heterocycles. The van der Waals surface area contributed by atoms with Crippen LogP contribution in [-0.4, -0.2) is 27.3 Å². The third kappa shape index (κ3) is 5.36. The Balaban J connectivity index is 1.64. The maximum absolute atomic E-state index is 13.1. The van der Waals surface area contributed by atoms with Gasteiger partial charge in [-0.25, -0.2) is 0 Å². The first-order valence-electron chi connectivity index (χ1n) is 9.08. The molecule has 1 amide bonds. The van der Waals surface area contributed by atoms with E-state index < -0.39 is 0 Å². The van der Waals surface area contributed by atoms with Crippen LogP contribution in [0.15, 0.2) is 89.3 Å². The summed E-state index contributed by atoms with van der Waals surface area (Å²) in [5, 5.41) is 19.0. The van der Waals surface area contributed by atoms with Gasteiger partial charge in [0.2, 0.25) is 0 Å². The van der Waals surface area contributed by atoms with E-state index in [1.807, 2.05) is 24.3 Å². The Morgan fingerprint density at radius 1 is 1.10 bits per heavy atom. The van der Waals surface area contributed by atoms with E-state index in [-0.39, 0.29) is 18.2 Å². The number of thioether (sulfide) groups is 1. The van der Waals surface area contributed by atoms with Gasteiger partial charge in [-0.15, -0.1) is 5.10 Å².